The van der Waals surface area contributed by atoms with E-state index in [1.54, 1.807) is 30.7 Å². The summed E-state index contributed by atoms with van der Waals surface area (Å²) in [4.78, 5) is 8.43. The molecule has 0 spiro atoms. The fraction of sp³-hybridized carbons (Fsp3) is 0.125. The van der Waals surface area contributed by atoms with Crippen molar-refractivity contribution in [3.63, 3.8) is 0 Å². The number of aromatic nitrogens is 3. The van der Waals surface area contributed by atoms with Crippen molar-refractivity contribution in [3.05, 3.63) is 78.1 Å². The van der Waals surface area contributed by atoms with Crippen molar-refractivity contribution in [1.82, 2.24) is 14.5 Å². The van der Waals surface area contributed by atoms with Crippen molar-refractivity contribution < 1.29 is 5.11 Å². The Labute approximate surface area is 117 Å². The van der Waals surface area contributed by atoms with E-state index in [2.05, 4.69) is 14.5 Å². The average molecular weight is 265 g/mol. The van der Waals surface area contributed by atoms with E-state index < -0.39 is 0 Å². The van der Waals surface area contributed by atoms with Crippen LogP contribution in [-0.4, -0.2) is 19.6 Å². The lowest BCUT2D eigenvalue weighted by atomic mass is 10.2. The maximum atomic E-state index is 9.51. The van der Waals surface area contributed by atoms with E-state index >= 15 is 0 Å². The maximum absolute atomic E-state index is 9.51. The van der Waals surface area contributed by atoms with Gasteiger partial charge in [-0.1, -0.05) is 12.1 Å². The molecule has 0 saturated carbocycles. The van der Waals surface area contributed by atoms with Gasteiger partial charge in [-0.3, -0.25) is 4.98 Å². The molecule has 1 aromatic carbocycles. The molecule has 0 radical (unpaired) electrons. The van der Waals surface area contributed by atoms with Crippen LogP contribution in [0.3, 0.4) is 0 Å². The molecule has 0 unspecified atom stereocenters. The second-order valence-electron chi connectivity index (χ2n) is 4.67. The Hall–Kier alpha value is -2.62. The summed E-state index contributed by atoms with van der Waals surface area (Å²) < 4.78 is 2.09. The van der Waals surface area contributed by atoms with Gasteiger partial charge in [-0.05, 0) is 35.4 Å². The maximum Gasteiger partial charge on any atom is 0.115 e. The number of hydrogen-bond acceptors (Lipinski definition) is 3. The predicted molar refractivity (Wildman–Crippen MR) is 76.5 cm³/mol. The molecule has 0 atom stereocenters. The molecule has 0 aliphatic rings. The van der Waals surface area contributed by atoms with Crippen LogP contribution in [-0.2, 0) is 13.0 Å². The third kappa shape index (κ3) is 2.85. The predicted octanol–water partition coefficient (Wildman–Crippen LogP) is 2.62. The summed E-state index contributed by atoms with van der Waals surface area (Å²) in [5, 5.41) is 9.51. The largest absolute Gasteiger partial charge is 0.508 e. The van der Waals surface area contributed by atoms with Gasteiger partial charge in [0.1, 0.15) is 11.6 Å². The van der Waals surface area contributed by atoms with Gasteiger partial charge in [-0.15, -0.1) is 0 Å². The molecule has 3 rings (SSSR count). The number of rotatable bonds is 4. The van der Waals surface area contributed by atoms with Gasteiger partial charge in [0, 0.05) is 37.8 Å². The molecule has 4 nitrogen and oxygen atoms in total. The first-order valence-corrected chi connectivity index (χ1v) is 6.48. The highest BCUT2D eigenvalue weighted by molar-refractivity contribution is 5.27. The van der Waals surface area contributed by atoms with E-state index in [1.807, 2.05) is 30.5 Å². The molecule has 1 N–H and O–H groups in total. The zero-order valence-electron chi connectivity index (χ0n) is 11.0. The Morgan fingerprint density at radius 1 is 1.00 bits per heavy atom. The van der Waals surface area contributed by atoms with Gasteiger partial charge >= 0.3 is 0 Å². The molecule has 4 heteroatoms. The minimum atomic E-state index is 0.290. The van der Waals surface area contributed by atoms with Crippen LogP contribution in [0, 0.1) is 0 Å². The van der Waals surface area contributed by atoms with Gasteiger partial charge < -0.3 is 9.67 Å². The quantitative estimate of drug-likeness (QED) is 0.789. The van der Waals surface area contributed by atoms with E-state index in [0.29, 0.717) is 12.3 Å². The number of hydrogen-bond donors (Lipinski definition) is 1. The van der Waals surface area contributed by atoms with E-state index in [-0.39, 0.29) is 0 Å². The first kappa shape index (κ1) is 12.4. The second kappa shape index (κ2) is 5.57. The standard InChI is InChI=1S/C16H15N3O/c20-15-3-1-2-14(10-15)12-19-9-8-18-16(19)11-13-4-6-17-7-5-13/h1-10,20H,11-12H2. The second-order valence-corrected chi connectivity index (χ2v) is 4.67. The molecule has 0 aliphatic carbocycles. The van der Waals surface area contributed by atoms with Crippen molar-refractivity contribution in [3.8, 4) is 5.75 Å². The summed E-state index contributed by atoms with van der Waals surface area (Å²) in [6, 6.07) is 11.3. The van der Waals surface area contributed by atoms with Gasteiger partial charge in [0.25, 0.3) is 0 Å². The lowest BCUT2D eigenvalue weighted by molar-refractivity contribution is 0.474. The third-order valence-corrected chi connectivity index (χ3v) is 3.18. The highest BCUT2D eigenvalue weighted by atomic mass is 16.3. The topological polar surface area (TPSA) is 50.9 Å². The van der Waals surface area contributed by atoms with Crippen LogP contribution in [0.4, 0.5) is 0 Å². The Morgan fingerprint density at radius 2 is 1.85 bits per heavy atom. The fourth-order valence-corrected chi connectivity index (χ4v) is 2.19. The molecule has 0 saturated heterocycles. The average Bonchev–Trinajstić information content (AvgIpc) is 2.87. The van der Waals surface area contributed by atoms with Gasteiger partial charge in [0.05, 0.1) is 0 Å². The van der Waals surface area contributed by atoms with E-state index in [0.717, 1.165) is 17.8 Å². The highest BCUT2D eigenvalue weighted by Gasteiger charge is 2.05. The lowest BCUT2D eigenvalue weighted by Crippen LogP contribution is -2.05. The van der Waals surface area contributed by atoms with Crippen molar-refractivity contribution in [2.24, 2.45) is 0 Å². The van der Waals surface area contributed by atoms with Gasteiger partial charge in [0.15, 0.2) is 0 Å². The molecule has 3 aromatic rings. The zero-order valence-corrected chi connectivity index (χ0v) is 11.0. The normalized spacial score (nSPS) is 10.6. The first-order chi connectivity index (χ1) is 9.81. The number of phenols is 1. The van der Waals surface area contributed by atoms with Crippen LogP contribution in [0.25, 0.3) is 0 Å². The smallest absolute Gasteiger partial charge is 0.115 e. The minimum absolute atomic E-state index is 0.290. The summed E-state index contributed by atoms with van der Waals surface area (Å²) >= 11 is 0. The molecular weight excluding hydrogens is 250 g/mol. The highest BCUT2D eigenvalue weighted by Crippen LogP contribution is 2.14. The number of benzene rings is 1. The van der Waals surface area contributed by atoms with E-state index in [4.69, 9.17) is 0 Å². The first-order valence-electron chi connectivity index (χ1n) is 6.48. The van der Waals surface area contributed by atoms with Crippen molar-refractivity contribution >= 4 is 0 Å². The zero-order chi connectivity index (χ0) is 13.8. The fourth-order valence-electron chi connectivity index (χ4n) is 2.19. The molecule has 0 aliphatic heterocycles. The molecule has 2 aromatic heterocycles. The number of nitrogens with zero attached hydrogens (tertiary/aromatic N) is 3. The summed E-state index contributed by atoms with van der Waals surface area (Å²) in [6.07, 6.45) is 8.12. The van der Waals surface area contributed by atoms with Crippen molar-refractivity contribution in [2.75, 3.05) is 0 Å². The number of phenolic OH excluding ortho intramolecular Hbond substituents is 1. The van der Waals surface area contributed by atoms with Crippen molar-refractivity contribution in [1.29, 1.82) is 0 Å². The SMILES string of the molecule is Oc1cccc(Cn2ccnc2Cc2ccncc2)c1. The van der Waals surface area contributed by atoms with Crippen LogP contribution >= 0.6 is 0 Å². The van der Waals surface area contributed by atoms with Crippen molar-refractivity contribution in [2.45, 2.75) is 13.0 Å². The molecule has 0 fully saturated rings. The Balaban J connectivity index is 1.80. The summed E-state index contributed by atoms with van der Waals surface area (Å²) in [7, 11) is 0. The summed E-state index contributed by atoms with van der Waals surface area (Å²) in [5.41, 5.74) is 2.24. The Bertz CT molecular complexity index is 692. The van der Waals surface area contributed by atoms with Crippen LogP contribution in [0.5, 0.6) is 5.75 Å². The monoisotopic (exact) mass is 265 g/mol. The van der Waals surface area contributed by atoms with Gasteiger partial charge in [-0.25, -0.2) is 4.98 Å². The number of imidazole rings is 1. The lowest BCUT2D eigenvalue weighted by Gasteiger charge is -2.08. The number of aromatic hydroxyl groups is 1. The molecule has 0 amide bonds. The molecule has 100 valence electrons. The Morgan fingerprint density at radius 3 is 2.65 bits per heavy atom. The van der Waals surface area contributed by atoms with Crippen LogP contribution in [0.15, 0.2) is 61.2 Å². The van der Waals surface area contributed by atoms with Crippen LogP contribution in [0.1, 0.15) is 17.0 Å². The third-order valence-electron chi connectivity index (χ3n) is 3.18. The molecule has 0 bridgehead atoms. The summed E-state index contributed by atoms with van der Waals surface area (Å²) in [5.74, 6) is 1.29. The molecular formula is C16H15N3O. The Kier molecular flexibility index (Phi) is 3.46. The molecule has 20 heavy (non-hydrogen) atoms. The van der Waals surface area contributed by atoms with Crippen LogP contribution in [0.2, 0.25) is 0 Å². The van der Waals surface area contributed by atoms with E-state index in [1.165, 1.54) is 5.56 Å². The molecule has 2 heterocycles. The number of pyridine rings is 1. The van der Waals surface area contributed by atoms with E-state index in [9.17, 15) is 5.11 Å². The van der Waals surface area contributed by atoms with Crippen LogP contribution < -0.4 is 0 Å². The summed E-state index contributed by atoms with van der Waals surface area (Å²) in [6.45, 7) is 0.703. The van der Waals surface area contributed by atoms with Gasteiger partial charge in [0.2, 0.25) is 0 Å². The van der Waals surface area contributed by atoms with Gasteiger partial charge in [-0.2, -0.15) is 0 Å². The minimum Gasteiger partial charge on any atom is -0.508 e.